The Morgan fingerprint density at radius 3 is 2.45 bits per heavy atom. The lowest BCUT2D eigenvalue weighted by Gasteiger charge is -1.90. The van der Waals surface area contributed by atoms with Crippen LogP contribution in [0.5, 0.6) is 0 Å². The Morgan fingerprint density at radius 2 is 2.27 bits per heavy atom. The van der Waals surface area contributed by atoms with Crippen LogP contribution in [0.3, 0.4) is 0 Å². The van der Waals surface area contributed by atoms with Gasteiger partial charge in [0.25, 0.3) is 0 Å². The molecular formula is C4H5N3O4. The molecule has 11 heavy (non-hydrogen) atoms. The van der Waals surface area contributed by atoms with Crippen LogP contribution in [-0.2, 0) is 0 Å². The SMILES string of the molecule is Cc1c([N+](=O)[O-])[nH]c(=O)n1O. The zero-order valence-electron chi connectivity index (χ0n) is 5.57. The molecule has 0 atom stereocenters. The highest BCUT2D eigenvalue weighted by Gasteiger charge is 2.17. The minimum Gasteiger partial charge on any atom is -0.422 e. The van der Waals surface area contributed by atoms with E-state index in [0.717, 1.165) is 0 Å². The van der Waals surface area contributed by atoms with Gasteiger partial charge in [0.1, 0.15) is 0 Å². The Morgan fingerprint density at radius 1 is 1.73 bits per heavy atom. The molecule has 0 amide bonds. The standard InChI is InChI=1S/C4H5N3O4/c1-2-3(7(10)11)5-4(8)6(2)9/h9H,1H3,(H,5,8). The lowest BCUT2D eigenvalue weighted by molar-refractivity contribution is -0.390. The third-order valence-corrected chi connectivity index (χ3v) is 1.26. The number of nitrogens with zero attached hydrogens (tertiary/aromatic N) is 2. The Balaban J connectivity index is 3.42. The molecule has 60 valence electrons. The molecule has 0 saturated carbocycles. The molecule has 2 N–H and O–H groups in total. The van der Waals surface area contributed by atoms with Crippen molar-refractivity contribution in [1.82, 2.24) is 9.71 Å². The number of hydrogen-bond donors (Lipinski definition) is 2. The molecule has 7 nitrogen and oxygen atoms in total. The molecule has 1 rings (SSSR count). The van der Waals surface area contributed by atoms with Gasteiger partial charge in [-0.05, 0) is 11.8 Å². The molecule has 1 aromatic rings. The zero-order valence-corrected chi connectivity index (χ0v) is 5.57. The van der Waals surface area contributed by atoms with E-state index in [1.165, 1.54) is 6.92 Å². The van der Waals surface area contributed by atoms with E-state index in [9.17, 15) is 14.9 Å². The topological polar surface area (TPSA) is 101 Å². The highest BCUT2D eigenvalue weighted by atomic mass is 16.6. The minimum atomic E-state index is -0.908. The molecule has 0 unspecified atom stereocenters. The van der Waals surface area contributed by atoms with Crippen LogP contribution in [-0.4, -0.2) is 19.8 Å². The fourth-order valence-electron chi connectivity index (χ4n) is 0.675. The van der Waals surface area contributed by atoms with Crippen LogP contribution in [0.15, 0.2) is 4.79 Å². The lowest BCUT2D eigenvalue weighted by Crippen LogP contribution is -2.14. The van der Waals surface area contributed by atoms with Gasteiger partial charge >= 0.3 is 11.5 Å². The maximum atomic E-state index is 10.5. The van der Waals surface area contributed by atoms with Gasteiger partial charge in [-0.2, -0.15) is 4.98 Å². The summed E-state index contributed by atoms with van der Waals surface area (Å²) in [6.45, 7) is 1.26. The van der Waals surface area contributed by atoms with E-state index in [2.05, 4.69) is 0 Å². The summed E-state index contributed by atoms with van der Waals surface area (Å²) in [5.74, 6) is -0.488. The number of aromatic amines is 1. The highest BCUT2D eigenvalue weighted by Crippen LogP contribution is 2.08. The van der Waals surface area contributed by atoms with Gasteiger partial charge in [0.15, 0.2) is 5.69 Å². The second kappa shape index (κ2) is 2.11. The summed E-state index contributed by atoms with van der Waals surface area (Å²) in [7, 11) is 0. The van der Waals surface area contributed by atoms with Crippen molar-refractivity contribution in [2.45, 2.75) is 6.92 Å². The lowest BCUT2D eigenvalue weighted by atomic mass is 10.5. The van der Waals surface area contributed by atoms with Gasteiger partial charge in [0, 0.05) is 0 Å². The normalized spacial score (nSPS) is 9.91. The number of hydrogen-bond acceptors (Lipinski definition) is 4. The number of nitrogens with one attached hydrogen (secondary N) is 1. The van der Waals surface area contributed by atoms with Crippen LogP contribution >= 0.6 is 0 Å². The number of nitro groups is 1. The maximum Gasteiger partial charge on any atom is 0.446 e. The minimum absolute atomic E-state index is 0.111. The van der Waals surface area contributed by atoms with Gasteiger partial charge in [-0.1, -0.05) is 0 Å². The van der Waals surface area contributed by atoms with Crippen molar-refractivity contribution in [2.24, 2.45) is 0 Å². The summed E-state index contributed by atoms with van der Waals surface area (Å²) in [6, 6.07) is 0. The van der Waals surface area contributed by atoms with E-state index in [4.69, 9.17) is 5.21 Å². The van der Waals surface area contributed by atoms with E-state index in [1.807, 2.05) is 4.98 Å². The number of H-pyrrole nitrogens is 1. The maximum absolute atomic E-state index is 10.5. The van der Waals surface area contributed by atoms with E-state index in [-0.39, 0.29) is 10.4 Å². The zero-order chi connectivity index (χ0) is 8.59. The molecule has 0 aliphatic heterocycles. The number of rotatable bonds is 1. The molecule has 1 aromatic heterocycles. The van der Waals surface area contributed by atoms with Crippen LogP contribution in [0.25, 0.3) is 0 Å². The van der Waals surface area contributed by atoms with Crippen LogP contribution in [0.2, 0.25) is 0 Å². The average Bonchev–Trinajstić information content (AvgIpc) is 2.17. The predicted molar refractivity (Wildman–Crippen MR) is 33.6 cm³/mol. The Bertz CT molecular complexity index is 349. The number of imidazole rings is 1. The highest BCUT2D eigenvalue weighted by molar-refractivity contribution is 5.24. The van der Waals surface area contributed by atoms with Crippen molar-refractivity contribution in [2.75, 3.05) is 0 Å². The van der Waals surface area contributed by atoms with Crippen LogP contribution in [0.1, 0.15) is 5.69 Å². The van der Waals surface area contributed by atoms with Gasteiger partial charge < -0.3 is 15.3 Å². The molecule has 0 fully saturated rings. The molecule has 0 radical (unpaired) electrons. The van der Waals surface area contributed by atoms with E-state index >= 15 is 0 Å². The molecule has 0 spiro atoms. The van der Waals surface area contributed by atoms with Crippen molar-refractivity contribution >= 4 is 5.82 Å². The molecule has 0 aliphatic rings. The fraction of sp³-hybridized carbons (Fsp3) is 0.250. The number of aromatic nitrogens is 2. The van der Waals surface area contributed by atoms with E-state index < -0.39 is 16.4 Å². The molecule has 0 saturated heterocycles. The van der Waals surface area contributed by atoms with Gasteiger partial charge in [-0.3, -0.25) is 0 Å². The van der Waals surface area contributed by atoms with E-state index in [0.29, 0.717) is 0 Å². The first-order valence-corrected chi connectivity index (χ1v) is 2.69. The first-order chi connectivity index (χ1) is 5.04. The Kier molecular flexibility index (Phi) is 1.41. The monoisotopic (exact) mass is 159 g/mol. The molecular weight excluding hydrogens is 154 g/mol. The van der Waals surface area contributed by atoms with Crippen molar-refractivity contribution in [3.8, 4) is 0 Å². The van der Waals surface area contributed by atoms with E-state index in [1.54, 1.807) is 0 Å². The molecule has 7 heteroatoms. The summed E-state index contributed by atoms with van der Waals surface area (Å²) in [6.07, 6.45) is 0. The van der Waals surface area contributed by atoms with Gasteiger partial charge in [-0.25, -0.2) is 4.79 Å². The van der Waals surface area contributed by atoms with Gasteiger partial charge in [-0.15, -0.1) is 4.73 Å². The van der Waals surface area contributed by atoms with Crippen molar-refractivity contribution in [3.63, 3.8) is 0 Å². The van der Waals surface area contributed by atoms with Crippen molar-refractivity contribution in [3.05, 3.63) is 26.3 Å². The fourth-order valence-corrected chi connectivity index (χ4v) is 0.675. The smallest absolute Gasteiger partial charge is 0.422 e. The molecule has 1 heterocycles. The second-order valence-electron chi connectivity index (χ2n) is 1.93. The summed E-state index contributed by atoms with van der Waals surface area (Å²) >= 11 is 0. The summed E-state index contributed by atoms with van der Waals surface area (Å²) < 4.78 is 0.193. The third-order valence-electron chi connectivity index (χ3n) is 1.26. The van der Waals surface area contributed by atoms with Crippen LogP contribution < -0.4 is 5.69 Å². The van der Waals surface area contributed by atoms with Gasteiger partial charge in [0.05, 0.1) is 0 Å². The van der Waals surface area contributed by atoms with Crippen LogP contribution in [0, 0.1) is 17.0 Å². The summed E-state index contributed by atoms with van der Waals surface area (Å²) in [5, 5.41) is 18.8. The first-order valence-electron chi connectivity index (χ1n) is 2.69. The third kappa shape index (κ3) is 0.955. The molecule has 0 aliphatic carbocycles. The predicted octanol–water partition coefficient (Wildman–Crippen LogP) is -0.370. The summed E-state index contributed by atoms with van der Waals surface area (Å²) in [4.78, 5) is 21.7. The van der Waals surface area contributed by atoms with Crippen LogP contribution in [0.4, 0.5) is 5.82 Å². The average molecular weight is 159 g/mol. The molecule has 0 aromatic carbocycles. The second-order valence-corrected chi connectivity index (χ2v) is 1.93. The summed E-state index contributed by atoms with van der Waals surface area (Å²) in [5.41, 5.74) is -1.02. The Labute approximate surface area is 60.0 Å². The van der Waals surface area contributed by atoms with Gasteiger partial charge in [0.2, 0.25) is 0 Å². The van der Waals surface area contributed by atoms with Crippen molar-refractivity contribution in [1.29, 1.82) is 0 Å². The first kappa shape index (κ1) is 7.32. The molecule has 0 bridgehead atoms. The Hall–Kier alpha value is -1.79. The quantitative estimate of drug-likeness (QED) is 0.331. The largest absolute Gasteiger partial charge is 0.446 e. The van der Waals surface area contributed by atoms with Crippen molar-refractivity contribution < 1.29 is 10.1 Å².